The molecule has 0 saturated carbocycles. The van der Waals surface area contributed by atoms with Gasteiger partial charge in [-0.15, -0.1) is 0 Å². The zero-order chi connectivity index (χ0) is 26.9. The van der Waals surface area contributed by atoms with E-state index in [9.17, 15) is 18.0 Å². The van der Waals surface area contributed by atoms with E-state index in [0.29, 0.717) is 23.6 Å². The van der Waals surface area contributed by atoms with Crippen LogP contribution in [0.15, 0.2) is 48.5 Å². The molecule has 0 aliphatic carbocycles. The Labute approximate surface area is 220 Å². The Balaban J connectivity index is 2.22. The largest absolute Gasteiger partial charge is 0.352 e. The fourth-order valence-electron chi connectivity index (χ4n) is 3.93. The predicted octanol–water partition coefficient (Wildman–Crippen LogP) is 4.92. The highest BCUT2D eigenvalue weighted by molar-refractivity contribution is 7.92. The molecule has 0 spiro atoms. The van der Waals surface area contributed by atoms with E-state index in [4.69, 9.17) is 11.6 Å². The van der Waals surface area contributed by atoms with Crippen LogP contribution >= 0.6 is 11.6 Å². The molecule has 2 atom stereocenters. The average Bonchev–Trinajstić information content (AvgIpc) is 2.81. The number of sulfonamides is 1. The first-order valence-electron chi connectivity index (χ1n) is 12.3. The standard InChI is InChI=1S/C27H38ClN3O4S/c1-6-21(4)29-27(33)25(7-2)30(19-22-13-15-23(28)16-14-22)26(32)12-9-17-31(36(5,34)35)24-11-8-10-20(3)18-24/h8,10-11,13-16,18,21,25H,6-7,9,12,17,19H2,1-5H3,(H,29,33)/t21-,25+/m0/s1. The third-order valence-electron chi connectivity index (χ3n) is 6.09. The maximum Gasteiger partial charge on any atom is 0.243 e. The van der Waals surface area contributed by atoms with Crippen LogP contribution in [0, 0.1) is 6.92 Å². The fourth-order valence-corrected chi connectivity index (χ4v) is 5.02. The van der Waals surface area contributed by atoms with Crippen LogP contribution in [-0.4, -0.2) is 50.0 Å². The van der Waals surface area contributed by atoms with Gasteiger partial charge in [-0.3, -0.25) is 13.9 Å². The number of nitrogens with zero attached hydrogens (tertiary/aromatic N) is 2. The first kappa shape index (κ1) is 29.6. The fraction of sp³-hybridized carbons (Fsp3) is 0.481. The summed E-state index contributed by atoms with van der Waals surface area (Å²) in [7, 11) is -3.52. The third-order valence-corrected chi connectivity index (χ3v) is 7.54. The van der Waals surface area contributed by atoms with Gasteiger partial charge in [-0.2, -0.15) is 0 Å². The van der Waals surface area contributed by atoms with Gasteiger partial charge in [-0.1, -0.05) is 49.7 Å². The van der Waals surface area contributed by atoms with Crippen molar-refractivity contribution in [2.45, 2.75) is 72.0 Å². The van der Waals surface area contributed by atoms with Gasteiger partial charge in [-0.25, -0.2) is 8.42 Å². The molecule has 0 aromatic heterocycles. The number of benzene rings is 2. The molecule has 2 aromatic carbocycles. The molecule has 0 saturated heterocycles. The van der Waals surface area contributed by atoms with Crippen LogP contribution in [0.2, 0.25) is 5.02 Å². The first-order chi connectivity index (χ1) is 17.0. The molecule has 0 aliphatic heterocycles. The number of aryl methyl sites for hydroxylation is 1. The quantitative estimate of drug-likeness (QED) is 0.394. The highest BCUT2D eigenvalue weighted by atomic mass is 35.5. The van der Waals surface area contributed by atoms with Crippen LogP contribution in [0.25, 0.3) is 0 Å². The van der Waals surface area contributed by atoms with Crippen LogP contribution in [-0.2, 0) is 26.2 Å². The van der Waals surface area contributed by atoms with E-state index in [1.54, 1.807) is 23.1 Å². The van der Waals surface area contributed by atoms with Crippen molar-refractivity contribution in [3.05, 3.63) is 64.7 Å². The Morgan fingerprint density at radius 2 is 1.72 bits per heavy atom. The maximum atomic E-state index is 13.4. The number of rotatable bonds is 13. The molecule has 0 fully saturated rings. The molecular weight excluding hydrogens is 498 g/mol. The van der Waals surface area contributed by atoms with Gasteiger partial charge in [0.2, 0.25) is 21.8 Å². The number of anilines is 1. The lowest BCUT2D eigenvalue weighted by Crippen LogP contribution is -2.50. The highest BCUT2D eigenvalue weighted by Crippen LogP contribution is 2.21. The van der Waals surface area contributed by atoms with Crippen molar-refractivity contribution in [2.75, 3.05) is 17.1 Å². The van der Waals surface area contributed by atoms with Gasteiger partial charge in [-0.05, 0) is 68.5 Å². The van der Waals surface area contributed by atoms with E-state index in [1.165, 1.54) is 4.31 Å². The SMILES string of the molecule is CC[C@H](C(=O)N[C@@H](C)CC)N(Cc1ccc(Cl)cc1)C(=O)CCCN(c1cccc(C)c1)S(C)(=O)=O. The van der Waals surface area contributed by atoms with Gasteiger partial charge in [0, 0.05) is 30.6 Å². The normalized spacial score (nSPS) is 13.1. The average molecular weight is 536 g/mol. The molecule has 2 amide bonds. The first-order valence-corrected chi connectivity index (χ1v) is 14.6. The van der Waals surface area contributed by atoms with Crippen LogP contribution in [0.3, 0.4) is 0 Å². The van der Waals surface area contributed by atoms with Crippen molar-refractivity contribution in [2.24, 2.45) is 0 Å². The molecule has 0 aliphatic rings. The number of carbonyl (C=O) groups is 2. The molecule has 9 heteroatoms. The summed E-state index contributed by atoms with van der Waals surface area (Å²) in [6.45, 7) is 8.13. The maximum absolute atomic E-state index is 13.4. The van der Waals surface area contributed by atoms with E-state index in [1.807, 2.05) is 58.0 Å². The second-order valence-corrected chi connectivity index (χ2v) is 11.5. The van der Waals surface area contributed by atoms with E-state index < -0.39 is 16.1 Å². The molecule has 36 heavy (non-hydrogen) atoms. The summed E-state index contributed by atoms with van der Waals surface area (Å²) in [6.07, 6.45) is 2.84. The summed E-state index contributed by atoms with van der Waals surface area (Å²) < 4.78 is 26.2. The van der Waals surface area contributed by atoms with Gasteiger partial charge in [0.25, 0.3) is 0 Å². The zero-order valence-electron chi connectivity index (χ0n) is 21.8. The van der Waals surface area contributed by atoms with Crippen molar-refractivity contribution in [3.8, 4) is 0 Å². The Bertz CT molecular complexity index is 1120. The number of hydrogen-bond acceptors (Lipinski definition) is 4. The van der Waals surface area contributed by atoms with Crippen LogP contribution in [0.5, 0.6) is 0 Å². The summed E-state index contributed by atoms with van der Waals surface area (Å²) in [6, 6.07) is 13.8. The van der Waals surface area contributed by atoms with Gasteiger partial charge >= 0.3 is 0 Å². The Hall–Kier alpha value is -2.58. The number of nitrogens with one attached hydrogen (secondary N) is 1. The van der Waals surface area contributed by atoms with E-state index in [0.717, 1.165) is 23.8 Å². The monoisotopic (exact) mass is 535 g/mol. The Morgan fingerprint density at radius 1 is 1.06 bits per heavy atom. The lowest BCUT2D eigenvalue weighted by Gasteiger charge is -2.32. The van der Waals surface area contributed by atoms with E-state index in [-0.39, 0.29) is 37.4 Å². The van der Waals surface area contributed by atoms with Crippen molar-refractivity contribution in [3.63, 3.8) is 0 Å². The van der Waals surface area contributed by atoms with Crippen LogP contribution < -0.4 is 9.62 Å². The van der Waals surface area contributed by atoms with Crippen LogP contribution in [0.1, 0.15) is 57.6 Å². The topological polar surface area (TPSA) is 86.8 Å². The molecule has 2 rings (SSSR count). The summed E-state index contributed by atoms with van der Waals surface area (Å²) in [4.78, 5) is 28.1. The summed E-state index contributed by atoms with van der Waals surface area (Å²) in [5, 5.41) is 3.58. The molecular formula is C27H38ClN3O4S. The number of hydrogen-bond donors (Lipinski definition) is 1. The number of halogens is 1. The number of amides is 2. The second-order valence-electron chi connectivity index (χ2n) is 9.17. The number of carbonyl (C=O) groups excluding carboxylic acids is 2. The molecule has 0 bridgehead atoms. The van der Waals surface area contributed by atoms with Crippen molar-refractivity contribution in [1.29, 1.82) is 0 Å². The molecule has 0 radical (unpaired) electrons. The van der Waals surface area contributed by atoms with Crippen LogP contribution in [0.4, 0.5) is 5.69 Å². The van der Waals surface area contributed by atoms with E-state index in [2.05, 4.69) is 5.32 Å². The van der Waals surface area contributed by atoms with Gasteiger partial charge in [0.05, 0.1) is 11.9 Å². The summed E-state index contributed by atoms with van der Waals surface area (Å²) in [5.41, 5.74) is 2.38. The molecule has 0 unspecified atom stereocenters. The lowest BCUT2D eigenvalue weighted by molar-refractivity contribution is -0.141. The predicted molar refractivity (Wildman–Crippen MR) is 147 cm³/mol. The minimum atomic E-state index is -3.52. The third kappa shape index (κ3) is 8.82. The minimum absolute atomic E-state index is 0.00307. The smallest absolute Gasteiger partial charge is 0.243 e. The zero-order valence-corrected chi connectivity index (χ0v) is 23.4. The summed E-state index contributed by atoms with van der Waals surface area (Å²) >= 11 is 6.02. The second kappa shape index (κ2) is 13.7. The minimum Gasteiger partial charge on any atom is -0.352 e. The Kier molecular flexibility index (Phi) is 11.2. The molecule has 7 nitrogen and oxygen atoms in total. The Morgan fingerprint density at radius 3 is 2.28 bits per heavy atom. The lowest BCUT2D eigenvalue weighted by atomic mass is 10.1. The molecule has 198 valence electrons. The van der Waals surface area contributed by atoms with Gasteiger partial charge in [0.1, 0.15) is 6.04 Å². The molecule has 1 N–H and O–H groups in total. The van der Waals surface area contributed by atoms with Crippen molar-refractivity contribution in [1.82, 2.24) is 10.2 Å². The van der Waals surface area contributed by atoms with Crippen molar-refractivity contribution >= 4 is 39.1 Å². The van der Waals surface area contributed by atoms with Gasteiger partial charge in [0.15, 0.2) is 0 Å². The van der Waals surface area contributed by atoms with Gasteiger partial charge < -0.3 is 10.2 Å². The molecule has 0 heterocycles. The summed E-state index contributed by atoms with van der Waals surface area (Å²) in [5.74, 6) is -0.388. The molecule has 2 aromatic rings. The highest BCUT2D eigenvalue weighted by Gasteiger charge is 2.29. The van der Waals surface area contributed by atoms with Crippen molar-refractivity contribution < 1.29 is 18.0 Å². The van der Waals surface area contributed by atoms with E-state index >= 15 is 0 Å².